The second-order valence-corrected chi connectivity index (χ2v) is 6.77. The molecule has 0 amide bonds. The van der Waals surface area contributed by atoms with Gasteiger partial charge in [-0.1, -0.05) is 42.0 Å². The highest BCUT2D eigenvalue weighted by Crippen LogP contribution is 2.33. The molecular weight excluding hydrogens is 308 g/mol. The first-order valence-electron chi connectivity index (χ1n) is 8.96. The van der Waals surface area contributed by atoms with Crippen LogP contribution in [0.1, 0.15) is 40.0 Å². The van der Waals surface area contributed by atoms with Crippen molar-refractivity contribution in [3.05, 3.63) is 70.9 Å². The number of hydrogen-bond acceptors (Lipinski definition) is 3. The Bertz CT molecular complexity index is 932. The molecule has 25 heavy (non-hydrogen) atoms. The van der Waals surface area contributed by atoms with E-state index in [-0.39, 0.29) is 5.78 Å². The second kappa shape index (κ2) is 6.67. The minimum atomic E-state index is 0.222. The summed E-state index contributed by atoms with van der Waals surface area (Å²) in [5.41, 5.74) is 6.20. The summed E-state index contributed by atoms with van der Waals surface area (Å²) in [4.78, 5) is 17.4. The van der Waals surface area contributed by atoms with Crippen molar-refractivity contribution in [2.24, 2.45) is 0 Å². The highest BCUT2D eigenvalue weighted by molar-refractivity contribution is 6.09. The molecule has 1 heterocycles. The molecule has 1 aliphatic rings. The van der Waals surface area contributed by atoms with Crippen molar-refractivity contribution >= 4 is 22.4 Å². The van der Waals surface area contributed by atoms with Gasteiger partial charge in [0.25, 0.3) is 0 Å². The number of pyridine rings is 1. The highest BCUT2D eigenvalue weighted by Gasteiger charge is 2.24. The fourth-order valence-corrected chi connectivity index (χ4v) is 3.61. The number of carbonyl (C=O) groups is 1. The van der Waals surface area contributed by atoms with Crippen LogP contribution in [0.4, 0.5) is 5.69 Å². The molecule has 0 aliphatic heterocycles. The first-order chi connectivity index (χ1) is 12.2. The van der Waals surface area contributed by atoms with Crippen molar-refractivity contribution in [2.45, 2.75) is 32.6 Å². The largest absolute Gasteiger partial charge is 0.384 e. The van der Waals surface area contributed by atoms with Crippen molar-refractivity contribution in [3.63, 3.8) is 0 Å². The van der Waals surface area contributed by atoms with Gasteiger partial charge in [0, 0.05) is 18.4 Å². The summed E-state index contributed by atoms with van der Waals surface area (Å²) in [6.45, 7) is 2.88. The number of carbonyl (C=O) groups excluding carboxylic acids is 1. The first kappa shape index (κ1) is 15.8. The molecule has 3 aromatic rings. The average Bonchev–Trinajstić information content (AvgIpc) is 2.62. The minimum Gasteiger partial charge on any atom is -0.384 e. The van der Waals surface area contributed by atoms with Crippen LogP contribution in [0.3, 0.4) is 0 Å². The molecule has 0 radical (unpaired) electrons. The summed E-state index contributed by atoms with van der Waals surface area (Å²) in [7, 11) is 0. The Morgan fingerprint density at radius 3 is 2.76 bits per heavy atom. The van der Waals surface area contributed by atoms with Gasteiger partial charge < -0.3 is 5.32 Å². The molecule has 2 aromatic carbocycles. The predicted molar refractivity (Wildman–Crippen MR) is 102 cm³/mol. The Labute approximate surface area is 148 Å². The minimum absolute atomic E-state index is 0.222. The summed E-state index contributed by atoms with van der Waals surface area (Å²) >= 11 is 0. The van der Waals surface area contributed by atoms with Gasteiger partial charge in [-0.3, -0.25) is 9.78 Å². The van der Waals surface area contributed by atoms with Crippen LogP contribution >= 0.6 is 0 Å². The standard InChI is InChI=1S/C22H22N2O/c1-15-10-11-18-17(14-15)22(21-19(24-18)8-5-9-20(21)25)23-13-12-16-6-3-2-4-7-16/h2-4,6-7,10-11,14H,5,8-9,12-13H2,1H3,(H,23,24). The lowest BCUT2D eigenvalue weighted by molar-refractivity contribution is 0.0972. The quantitative estimate of drug-likeness (QED) is 0.753. The van der Waals surface area contributed by atoms with Gasteiger partial charge in [-0.05, 0) is 43.9 Å². The summed E-state index contributed by atoms with van der Waals surface area (Å²) < 4.78 is 0. The van der Waals surface area contributed by atoms with Gasteiger partial charge in [0.1, 0.15) is 0 Å². The molecule has 1 aromatic heterocycles. The van der Waals surface area contributed by atoms with Crippen LogP contribution in [0.25, 0.3) is 10.9 Å². The molecule has 0 saturated heterocycles. The molecule has 0 spiro atoms. The van der Waals surface area contributed by atoms with E-state index in [1.54, 1.807) is 0 Å². The molecule has 1 N–H and O–H groups in total. The van der Waals surface area contributed by atoms with E-state index >= 15 is 0 Å². The Balaban J connectivity index is 1.73. The van der Waals surface area contributed by atoms with Gasteiger partial charge in [-0.15, -0.1) is 0 Å². The molecule has 0 unspecified atom stereocenters. The molecular formula is C22H22N2O. The van der Waals surface area contributed by atoms with Crippen LogP contribution < -0.4 is 5.32 Å². The summed E-state index contributed by atoms with van der Waals surface area (Å²) in [5.74, 6) is 0.222. The van der Waals surface area contributed by atoms with Crippen LogP contribution in [-0.2, 0) is 12.8 Å². The van der Waals surface area contributed by atoms with Crippen molar-refractivity contribution in [3.8, 4) is 0 Å². The Kier molecular flexibility index (Phi) is 4.22. The monoisotopic (exact) mass is 330 g/mol. The molecule has 0 atom stereocenters. The van der Waals surface area contributed by atoms with Crippen LogP contribution in [0.2, 0.25) is 0 Å². The van der Waals surface area contributed by atoms with Crippen molar-refractivity contribution in [2.75, 3.05) is 11.9 Å². The van der Waals surface area contributed by atoms with E-state index in [4.69, 9.17) is 4.98 Å². The van der Waals surface area contributed by atoms with E-state index in [1.807, 2.05) is 6.07 Å². The summed E-state index contributed by atoms with van der Waals surface area (Å²) in [6.07, 6.45) is 3.34. The van der Waals surface area contributed by atoms with Crippen LogP contribution in [0.5, 0.6) is 0 Å². The Morgan fingerprint density at radius 2 is 1.92 bits per heavy atom. The number of benzene rings is 2. The van der Waals surface area contributed by atoms with Crippen molar-refractivity contribution in [1.82, 2.24) is 4.98 Å². The Hall–Kier alpha value is -2.68. The number of hydrogen-bond donors (Lipinski definition) is 1. The fourth-order valence-electron chi connectivity index (χ4n) is 3.61. The smallest absolute Gasteiger partial charge is 0.166 e. The molecule has 3 heteroatoms. The molecule has 1 aliphatic carbocycles. The topological polar surface area (TPSA) is 42.0 Å². The average molecular weight is 330 g/mol. The van der Waals surface area contributed by atoms with Gasteiger partial charge in [-0.25, -0.2) is 0 Å². The second-order valence-electron chi connectivity index (χ2n) is 6.77. The van der Waals surface area contributed by atoms with Crippen LogP contribution in [-0.4, -0.2) is 17.3 Å². The van der Waals surface area contributed by atoms with E-state index in [0.717, 1.165) is 53.7 Å². The zero-order valence-corrected chi connectivity index (χ0v) is 14.5. The lowest BCUT2D eigenvalue weighted by Gasteiger charge is -2.21. The van der Waals surface area contributed by atoms with Gasteiger partial charge >= 0.3 is 0 Å². The molecule has 3 nitrogen and oxygen atoms in total. The molecule has 4 rings (SSSR count). The van der Waals surface area contributed by atoms with Gasteiger partial charge in [0.05, 0.1) is 22.5 Å². The van der Waals surface area contributed by atoms with E-state index in [1.165, 1.54) is 11.1 Å². The third-order valence-corrected chi connectivity index (χ3v) is 4.87. The van der Waals surface area contributed by atoms with Crippen LogP contribution in [0, 0.1) is 6.92 Å². The van der Waals surface area contributed by atoms with Gasteiger partial charge in [0.2, 0.25) is 0 Å². The number of nitrogens with zero attached hydrogens (tertiary/aromatic N) is 1. The number of fused-ring (bicyclic) bond motifs is 2. The lowest BCUT2D eigenvalue weighted by Crippen LogP contribution is -2.17. The number of aromatic nitrogens is 1. The predicted octanol–water partition coefficient (Wildman–Crippen LogP) is 4.72. The van der Waals surface area contributed by atoms with E-state index in [9.17, 15) is 4.79 Å². The van der Waals surface area contributed by atoms with Gasteiger partial charge in [0.15, 0.2) is 5.78 Å². The number of aryl methyl sites for hydroxylation is 2. The normalized spacial score (nSPS) is 13.7. The molecule has 0 bridgehead atoms. The lowest BCUT2D eigenvalue weighted by atomic mass is 9.91. The zero-order chi connectivity index (χ0) is 17.2. The number of Topliss-reactive ketones (excluding diaryl/α,β-unsaturated/α-hetero) is 1. The maximum atomic E-state index is 12.6. The van der Waals surface area contributed by atoms with Crippen molar-refractivity contribution in [1.29, 1.82) is 0 Å². The van der Waals surface area contributed by atoms with E-state index < -0.39 is 0 Å². The van der Waals surface area contributed by atoms with Crippen LogP contribution in [0.15, 0.2) is 48.5 Å². The Morgan fingerprint density at radius 1 is 1.08 bits per heavy atom. The number of ketones is 1. The zero-order valence-electron chi connectivity index (χ0n) is 14.5. The molecule has 0 fully saturated rings. The number of anilines is 1. The maximum Gasteiger partial charge on any atom is 0.166 e. The third-order valence-electron chi connectivity index (χ3n) is 4.87. The van der Waals surface area contributed by atoms with E-state index in [0.29, 0.717) is 6.42 Å². The molecule has 0 saturated carbocycles. The third kappa shape index (κ3) is 3.14. The number of rotatable bonds is 4. The van der Waals surface area contributed by atoms with E-state index in [2.05, 4.69) is 54.7 Å². The summed E-state index contributed by atoms with van der Waals surface area (Å²) in [6, 6.07) is 16.7. The van der Waals surface area contributed by atoms with Crippen molar-refractivity contribution < 1.29 is 4.79 Å². The first-order valence-corrected chi connectivity index (χ1v) is 8.96. The highest BCUT2D eigenvalue weighted by atomic mass is 16.1. The SMILES string of the molecule is Cc1ccc2nc3c(c(NCCc4ccccc4)c2c1)C(=O)CCC3. The fraction of sp³-hybridized carbons (Fsp3) is 0.273. The molecule has 126 valence electrons. The maximum absolute atomic E-state index is 12.6. The summed E-state index contributed by atoms with van der Waals surface area (Å²) in [5, 5.41) is 4.62. The van der Waals surface area contributed by atoms with Gasteiger partial charge in [-0.2, -0.15) is 0 Å². The number of nitrogens with one attached hydrogen (secondary N) is 1.